The highest BCUT2D eigenvalue weighted by Gasteiger charge is 2.62. The van der Waals surface area contributed by atoms with Gasteiger partial charge in [0.2, 0.25) is 5.60 Å². The van der Waals surface area contributed by atoms with Crippen molar-refractivity contribution in [1.29, 1.82) is 0 Å². The van der Waals surface area contributed by atoms with Crippen LogP contribution in [0.5, 0.6) is 0 Å². The molecule has 2 rings (SSSR count). The molecule has 1 heterocycles. The second-order valence-electron chi connectivity index (χ2n) is 6.35. The van der Waals surface area contributed by atoms with Gasteiger partial charge in [-0.05, 0) is 18.2 Å². The zero-order valence-electron chi connectivity index (χ0n) is 14.5. The van der Waals surface area contributed by atoms with Crippen LogP contribution in [0.25, 0.3) is 5.69 Å². The Kier molecular flexibility index (Phi) is 5.67. The lowest BCUT2D eigenvalue weighted by atomic mass is 9.88. The number of carbonyl (C=O) groups is 1. The maximum absolute atomic E-state index is 13.2. The zero-order valence-corrected chi connectivity index (χ0v) is 15.2. The molecule has 1 amide bonds. The van der Waals surface area contributed by atoms with Crippen LogP contribution in [0.15, 0.2) is 36.7 Å². The largest absolute Gasteiger partial charge is 0.426 e. The fourth-order valence-corrected chi connectivity index (χ4v) is 2.72. The lowest BCUT2D eigenvalue weighted by Gasteiger charge is -2.35. The van der Waals surface area contributed by atoms with Gasteiger partial charge in [0.05, 0.1) is 11.9 Å². The molecule has 0 saturated heterocycles. The molecular formula is C17H19ClF3N3O2. The van der Waals surface area contributed by atoms with Crippen molar-refractivity contribution in [3.05, 3.63) is 47.2 Å². The van der Waals surface area contributed by atoms with Crippen molar-refractivity contribution in [3.63, 3.8) is 0 Å². The van der Waals surface area contributed by atoms with Crippen LogP contribution in [0.3, 0.4) is 0 Å². The molecule has 142 valence electrons. The van der Waals surface area contributed by atoms with Crippen molar-refractivity contribution in [2.24, 2.45) is 5.92 Å². The number of likely N-dealkylation sites (N-methyl/N-ethyl adjacent to an activating group) is 1. The molecule has 1 unspecified atom stereocenters. The van der Waals surface area contributed by atoms with Gasteiger partial charge in [0.1, 0.15) is 0 Å². The maximum atomic E-state index is 13.2. The summed E-state index contributed by atoms with van der Waals surface area (Å²) in [5, 5.41) is 14.6. The number of aliphatic hydroxyl groups is 1. The van der Waals surface area contributed by atoms with Crippen LogP contribution in [-0.2, 0) is 11.3 Å². The number of carbonyl (C=O) groups excluding carboxylic acids is 1. The Hall–Kier alpha value is -2.06. The minimum Gasteiger partial charge on any atom is -0.372 e. The molecule has 1 aromatic heterocycles. The van der Waals surface area contributed by atoms with E-state index < -0.39 is 23.6 Å². The average molecular weight is 390 g/mol. The summed E-state index contributed by atoms with van der Waals surface area (Å²) in [6.45, 7) is 2.16. The highest BCUT2D eigenvalue weighted by Crippen LogP contribution is 2.37. The number of benzene rings is 1. The van der Waals surface area contributed by atoms with Crippen LogP contribution in [-0.4, -0.2) is 44.5 Å². The summed E-state index contributed by atoms with van der Waals surface area (Å²) in [5.74, 6) is -2.73. The second kappa shape index (κ2) is 7.28. The first-order valence-corrected chi connectivity index (χ1v) is 8.18. The summed E-state index contributed by atoms with van der Waals surface area (Å²) in [6, 6.07) is 6.87. The quantitative estimate of drug-likeness (QED) is 0.852. The third-order valence-electron chi connectivity index (χ3n) is 4.07. The van der Waals surface area contributed by atoms with E-state index >= 15 is 0 Å². The molecule has 0 aliphatic rings. The molecular weight excluding hydrogens is 371 g/mol. The fraction of sp³-hybridized carbons (Fsp3) is 0.412. The van der Waals surface area contributed by atoms with Crippen LogP contribution in [0.1, 0.15) is 19.4 Å². The van der Waals surface area contributed by atoms with Gasteiger partial charge in [-0.2, -0.15) is 18.3 Å². The first kappa shape index (κ1) is 20.3. The van der Waals surface area contributed by atoms with E-state index in [4.69, 9.17) is 11.6 Å². The summed E-state index contributed by atoms with van der Waals surface area (Å²) in [5.41, 5.74) is -2.26. The number of nitrogens with zero attached hydrogens (tertiary/aromatic N) is 3. The van der Waals surface area contributed by atoms with E-state index in [1.165, 1.54) is 17.9 Å². The van der Waals surface area contributed by atoms with Gasteiger partial charge in [0.25, 0.3) is 5.91 Å². The zero-order chi connectivity index (χ0) is 19.7. The third-order valence-corrected chi connectivity index (χ3v) is 4.30. The van der Waals surface area contributed by atoms with Crippen molar-refractivity contribution >= 4 is 17.5 Å². The molecule has 0 bridgehead atoms. The highest BCUT2D eigenvalue weighted by atomic mass is 35.5. The highest BCUT2D eigenvalue weighted by molar-refractivity contribution is 6.30. The van der Waals surface area contributed by atoms with Gasteiger partial charge >= 0.3 is 6.18 Å². The second-order valence-corrected chi connectivity index (χ2v) is 6.79. The minimum absolute atomic E-state index is 0.134. The van der Waals surface area contributed by atoms with Crippen LogP contribution in [0.2, 0.25) is 5.02 Å². The van der Waals surface area contributed by atoms with E-state index in [0.29, 0.717) is 16.3 Å². The number of hydrogen-bond acceptors (Lipinski definition) is 3. The van der Waals surface area contributed by atoms with Gasteiger partial charge in [-0.15, -0.1) is 0 Å². The van der Waals surface area contributed by atoms with Crippen LogP contribution in [0, 0.1) is 5.92 Å². The molecule has 0 fully saturated rings. The Morgan fingerprint density at radius 1 is 1.38 bits per heavy atom. The van der Waals surface area contributed by atoms with Gasteiger partial charge in [-0.3, -0.25) is 4.79 Å². The summed E-state index contributed by atoms with van der Waals surface area (Å²) in [7, 11) is 1.21. The molecule has 1 N–H and O–H groups in total. The Morgan fingerprint density at radius 2 is 2.04 bits per heavy atom. The predicted octanol–water partition coefficient (Wildman–Crippen LogP) is 3.43. The van der Waals surface area contributed by atoms with Crippen molar-refractivity contribution < 1.29 is 23.1 Å². The van der Waals surface area contributed by atoms with E-state index in [-0.39, 0.29) is 6.54 Å². The Balaban J connectivity index is 2.20. The molecule has 0 spiro atoms. The summed E-state index contributed by atoms with van der Waals surface area (Å²) in [6.07, 6.45) is -2.05. The third kappa shape index (κ3) is 3.86. The van der Waals surface area contributed by atoms with E-state index in [1.807, 2.05) is 0 Å². The molecule has 1 aromatic carbocycles. The SMILES string of the molecule is CC(C)C(O)(C(=O)N(C)Cc1cnn(-c2cccc(Cl)c2)c1)C(F)(F)F. The monoisotopic (exact) mass is 389 g/mol. The van der Waals surface area contributed by atoms with E-state index in [9.17, 15) is 23.1 Å². The molecule has 2 aromatic rings. The van der Waals surface area contributed by atoms with Gasteiger partial charge in [0, 0.05) is 36.3 Å². The normalized spacial score (nSPS) is 14.3. The van der Waals surface area contributed by atoms with Gasteiger partial charge in [-0.1, -0.05) is 31.5 Å². The van der Waals surface area contributed by atoms with E-state index in [2.05, 4.69) is 5.10 Å². The van der Waals surface area contributed by atoms with Crippen LogP contribution >= 0.6 is 11.6 Å². The lowest BCUT2D eigenvalue weighted by molar-refractivity contribution is -0.269. The maximum Gasteiger partial charge on any atom is 0.426 e. The first-order chi connectivity index (χ1) is 12.0. The lowest BCUT2D eigenvalue weighted by Crippen LogP contribution is -2.60. The number of halogens is 4. The predicted molar refractivity (Wildman–Crippen MR) is 90.9 cm³/mol. The van der Waals surface area contributed by atoms with Gasteiger partial charge in [0.15, 0.2) is 0 Å². The molecule has 26 heavy (non-hydrogen) atoms. The van der Waals surface area contributed by atoms with Crippen molar-refractivity contribution in [2.45, 2.75) is 32.2 Å². The van der Waals surface area contributed by atoms with Gasteiger partial charge < -0.3 is 10.0 Å². The van der Waals surface area contributed by atoms with Crippen molar-refractivity contribution in [1.82, 2.24) is 14.7 Å². The minimum atomic E-state index is -5.07. The number of amides is 1. The summed E-state index contributed by atoms with van der Waals surface area (Å²) < 4.78 is 41.2. The molecule has 0 saturated carbocycles. The van der Waals surface area contributed by atoms with Gasteiger partial charge in [-0.25, -0.2) is 4.68 Å². The van der Waals surface area contributed by atoms with Crippen molar-refractivity contribution in [2.75, 3.05) is 7.05 Å². The number of rotatable bonds is 5. The number of hydrogen-bond donors (Lipinski definition) is 1. The standard InChI is InChI=1S/C17H19ClF3N3O2/c1-11(2)16(26,17(19,20)21)15(25)23(3)9-12-8-22-24(10-12)14-6-4-5-13(18)7-14/h4-8,10-11,26H,9H2,1-3H3. The topological polar surface area (TPSA) is 58.4 Å². The molecule has 0 aliphatic heterocycles. The molecule has 1 atom stereocenters. The molecule has 5 nitrogen and oxygen atoms in total. The van der Waals surface area contributed by atoms with E-state index in [0.717, 1.165) is 18.7 Å². The van der Waals surface area contributed by atoms with Crippen LogP contribution in [0.4, 0.5) is 13.2 Å². The smallest absolute Gasteiger partial charge is 0.372 e. The first-order valence-electron chi connectivity index (χ1n) is 7.81. The fourth-order valence-electron chi connectivity index (χ4n) is 2.53. The molecule has 0 aliphatic carbocycles. The summed E-state index contributed by atoms with van der Waals surface area (Å²) >= 11 is 5.92. The van der Waals surface area contributed by atoms with Crippen molar-refractivity contribution in [3.8, 4) is 5.69 Å². The Bertz CT molecular complexity index is 792. The number of aromatic nitrogens is 2. The Morgan fingerprint density at radius 3 is 2.58 bits per heavy atom. The molecule has 0 radical (unpaired) electrons. The summed E-state index contributed by atoms with van der Waals surface area (Å²) in [4.78, 5) is 13.1. The molecule has 9 heteroatoms. The van der Waals surface area contributed by atoms with Crippen LogP contribution < -0.4 is 0 Å². The Labute approximate surface area is 154 Å². The average Bonchev–Trinajstić information content (AvgIpc) is 3.00. The number of alkyl halides is 3. The van der Waals surface area contributed by atoms with E-state index in [1.54, 1.807) is 30.5 Å².